The highest BCUT2D eigenvalue weighted by atomic mass is 16.4. The molecule has 0 fully saturated rings. The van der Waals surface area contributed by atoms with E-state index in [4.69, 9.17) is 38.9 Å². The maximum Gasteiger partial charge on any atom is 0.326 e. The van der Waals surface area contributed by atoms with E-state index in [2.05, 4.69) is 26.3 Å². The fourth-order valence-corrected chi connectivity index (χ4v) is 3.50. The second-order valence-electron chi connectivity index (χ2n) is 9.86. The molecule has 0 aromatic carbocycles. The van der Waals surface area contributed by atoms with Crippen LogP contribution in [0.2, 0.25) is 0 Å². The Kier molecular flexibility index (Phi) is 18.0. The molecule has 0 aliphatic rings. The molecule has 258 valence electrons. The van der Waals surface area contributed by atoms with Crippen molar-refractivity contribution in [2.45, 2.75) is 75.7 Å². The van der Waals surface area contributed by atoms with Crippen molar-refractivity contribution in [1.82, 2.24) is 26.6 Å². The molecule has 0 saturated carbocycles. The van der Waals surface area contributed by atoms with Gasteiger partial charge < -0.3 is 65.5 Å². The van der Waals surface area contributed by atoms with Gasteiger partial charge in [0.2, 0.25) is 41.4 Å². The summed E-state index contributed by atoms with van der Waals surface area (Å²) in [5.74, 6) is -9.76. The molecule has 0 bridgehead atoms. The molecule has 22 heteroatoms. The lowest BCUT2D eigenvalue weighted by Gasteiger charge is -2.23. The Balaban J connectivity index is 5.53. The Morgan fingerprint density at radius 1 is 0.696 bits per heavy atom. The molecule has 22 nitrogen and oxygen atoms in total. The van der Waals surface area contributed by atoms with Crippen LogP contribution in [-0.4, -0.2) is 113 Å². The zero-order chi connectivity index (χ0) is 35.6. The Hall–Kier alpha value is -5.54. The molecular weight excluding hydrogens is 618 g/mol. The van der Waals surface area contributed by atoms with Gasteiger partial charge in [0.1, 0.15) is 24.2 Å². The van der Waals surface area contributed by atoms with Crippen LogP contribution in [0.4, 0.5) is 0 Å². The minimum Gasteiger partial charge on any atom is -0.481 e. The number of amides is 7. The topological polar surface area (TPSA) is 397 Å². The van der Waals surface area contributed by atoms with Crippen molar-refractivity contribution in [1.29, 1.82) is 0 Å². The summed E-state index contributed by atoms with van der Waals surface area (Å²) in [5, 5.41) is 29.0. The van der Waals surface area contributed by atoms with Crippen molar-refractivity contribution in [2.24, 2.45) is 33.7 Å². The maximum absolute atomic E-state index is 13.0. The molecule has 0 unspecified atom stereocenters. The SMILES string of the molecule is C[C@H](NC(=O)[C@H](CCCN=C(N)N)NC(=O)CNC(=O)[C@H](CCC(N)=O)NC(=O)[C@@H](N)CC(N)=O)C(=O)N[C@@H](CC(=O)O)C(=O)O. The van der Waals surface area contributed by atoms with Gasteiger partial charge in [-0.1, -0.05) is 0 Å². The van der Waals surface area contributed by atoms with E-state index in [1.165, 1.54) is 6.92 Å². The molecule has 0 heterocycles. The summed E-state index contributed by atoms with van der Waals surface area (Å²) >= 11 is 0. The highest BCUT2D eigenvalue weighted by Gasteiger charge is 2.29. The summed E-state index contributed by atoms with van der Waals surface area (Å²) in [6.07, 6.45) is -2.03. The summed E-state index contributed by atoms with van der Waals surface area (Å²) in [6, 6.07) is -7.30. The fourth-order valence-electron chi connectivity index (χ4n) is 3.50. The zero-order valence-electron chi connectivity index (χ0n) is 24.9. The predicted molar refractivity (Wildman–Crippen MR) is 156 cm³/mol. The first-order valence-corrected chi connectivity index (χ1v) is 13.6. The van der Waals surface area contributed by atoms with Crippen LogP contribution in [-0.2, 0) is 43.2 Å². The number of nitrogens with zero attached hydrogens (tertiary/aromatic N) is 1. The third-order valence-corrected chi connectivity index (χ3v) is 5.84. The first-order chi connectivity index (χ1) is 21.3. The first-order valence-electron chi connectivity index (χ1n) is 13.6. The number of nitrogens with two attached hydrogens (primary N) is 5. The van der Waals surface area contributed by atoms with Gasteiger partial charge in [-0.15, -0.1) is 0 Å². The average Bonchev–Trinajstić information content (AvgIpc) is 2.93. The smallest absolute Gasteiger partial charge is 0.326 e. The van der Waals surface area contributed by atoms with Crippen molar-refractivity contribution in [3.63, 3.8) is 0 Å². The minimum absolute atomic E-state index is 0.0450. The second kappa shape index (κ2) is 20.4. The molecule has 7 amide bonds. The lowest BCUT2D eigenvalue weighted by molar-refractivity contribution is -0.147. The van der Waals surface area contributed by atoms with Crippen LogP contribution < -0.4 is 55.3 Å². The van der Waals surface area contributed by atoms with Gasteiger partial charge in [-0.2, -0.15) is 0 Å². The first kappa shape index (κ1) is 40.5. The molecule has 0 saturated heterocycles. The van der Waals surface area contributed by atoms with Gasteiger partial charge in [-0.25, -0.2) is 4.79 Å². The number of carboxylic acid groups (broad SMARTS) is 2. The average molecular weight is 660 g/mol. The molecule has 0 aromatic heterocycles. The van der Waals surface area contributed by atoms with E-state index in [-0.39, 0.29) is 38.2 Å². The van der Waals surface area contributed by atoms with Gasteiger partial charge in [0.15, 0.2) is 5.96 Å². The van der Waals surface area contributed by atoms with E-state index in [1.54, 1.807) is 0 Å². The Bertz CT molecular complexity index is 1190. The molecule has 0 aliphatic heterocycles. The Morgan fingerprint density at radius 3 is 1.80 bits per heavy atom. The third kappa shape index (κ3) is 17.5. The van der Waals surface area contributed by atoms with E-state index >= 15 is 0 Å². The highest BCUT2D eigenvalue weighted by Crippen LogP contribution is 2.02. The van der Waals surface area contributed by atoms with Crippen LogP contribution in [0.1, 0.15) is 45.4 Å². The number of carbonyl (C=O) groups is 9. The quantitative estimate of drug-likeness (QED) is 0.0292. The standard InChI is InChI=1S/C24H41N11O11/c1-10(19(41)35-14(23(45)46)8-18(39)40)32-22(44)12(3-2-6-30-24(28)29)33-17(38)9-31-21(43)13(4-5-15(26)36)34-20(42)11(25)7-16(27)37/h10-14H,2-9,25H2,1H3,(H2,26,36)(H2,27,37)(H,31,43)(H,32,44)(H,33,38)(H,34,42)(H,35,41)(H,39,40)(H,45,46)(H4,28,29,30)/t10-,11-,12-,13-,14-/m0/s1. The fraction of sp³-hybridized carbons (Fsp3) is 0.583. The third-order valence-electron chi connectivity index (χ3n) is 5.84. The number of hydrogen-bond donors (Lipinski definition) is 12. The number of guanidine groups is 1. The van der Waals surface area contributed by atoms with Crippen LogP contribution in [0.3, 0.4) is 0 Å². The second-order valence-corrected chi connectivity index (χ2v) is 9.86. The van der Waals surface area contributed by atoms with Crippen LogP contribution in [0.25, 0.3) is 0 Å². The lowest BCUT2D eigenvalue weighted by atomic mass is 10.1. The van der Waals surface area contributed by atoms with Crippen LogP contribution in [0.5, 0.6) is 0 Å². The van der Waals surface area contributed by atoms with E-state index in [1.807, 2.05) is 5.32 Å². The molecule has 0 rings (SSSR count). The largest absolute Gasteiger partial charge is 0.481 e. The van der Waals surface area contributed by atoms with E-state index in [0.29, 0.717) is 0 Å². The van der Waals surface area contributed by atoms with E-state index in [9.17, 15) is 43.2 Å². The van der Waals surface area contributed by atoms with E-state index < -0.39 is 103 Å². The number of aliphatic imine (C=N–C) groups is 1. The zero-order valence-corrected chi connectivity index (χ0v) is 24.9. The number of carbonyl (C=O) groups excluding carboxylic acids is 7. The van der Waals surface area contributed by atoms with Gasteiger partial charge in [-0.05, 0) is 26.2 Å². The van der Waals surface area contributed by atoms with Crippen LogP contribution in [0.15, 0.2) is 4.99 Å². The molecular formula is C24H41N11O11. The maximum atomic E-state index is 13.0. The van der Waals surface area contributed by atoms with Crippen molar-refractivity contribution < 1.29 is 53.4 Å². The molecule has 0 aromatic rings. The summed E-state index contributed by atoms with van der Waals surface area (Å²) in [5.41, 5.74) is 26.2. The van der Waals surface area contributed by atoms with Crippen LogP contribution >= 0.6 is 0 Å². The number of carboxylic acids is 2. The van der Waals surface area contributed by atoms with Crippen molar-refractivity contribution >= 4 is 59.2 Å². The number of hydrogen-bond acceptors (Lipinski definition) is 11. The Labute approximate surface area is 262 Å². The van der Waals surface area contributed by atoms with Gasteiger partial charge >= 0.3 is 11.9 Å². The molecule has 0 radical (unpaired) electrons. The lowest BCUT2D eigenvalue weighted by Crippen LogP contribution is -2.56. The van der Waals surface area contributed by atoms with Crippen molar-refractivity contribution in [3.05, 3.63) is 0 Å². The van der Waals surface area contributed by atoms with Gasteiger partial charge in [-0.3, -0.25) is 43.3 Å². The summed E-state index contributed by atoms with van der Waals surface area (Å²) in [7, 11) is 0. The number of rotatable bonds is 22. The summed E-state index contributed by atoms with van der Waals surface area (Å²) in [6.45, 7) is 0.489. The number of nitrogens with one attached hydrogen (secondary N) is 5. The van der Waals surface area contributed by atoms with E-state index in [0.717, 1.165) is 0 Å². The summed E-state index contributed by atoms with van der Waals surface area (Å²) in [4.78, 5) is 111. The van der Waals surface area contributed by atoms with Crippen LogP contribution in [0, 0.1) is 0 Å². The minimum atomic E-state index is -1.78. The number of aliphatic carboxylic acids is 2. The molecule has 0 spiro atoms. The van der Waals surface area contributed by atoms with Crippen molar-refractivity contribution in [2.75, 3.05) is 13.1 Å². The molecule has 46 heavy (non-hydrogen) atoms. The molecule has 17 N–H and O–H groups in total. The number of primary amides is 2. The predicted octanol–water partition coefficient (Wildman–Crippen LogP) is -6.86. The highest BCUT2D eigenvalue weighted by molar-refractivity contribution is 5.96. The molecule has 5 atom stereocenters. The summed E-state index contributed by atoms with van der Waals surface area (Å²) < 4.78 is 0. The van der Waals surface area contributed by atoms with Gasteiger partial charge in [0.05, 0.1) is 25.4 Å². The van der Waals surface area contributed by atoms with Crippen molar-refractivity contribution in [3.8, 4) is 0 Å². The monoisotopic (exact) mass is 659 g/mol. The Morgan fingerprint density at radius 2 is 1.28 bits per heavy atom. The van der Waals surface area contributed by atoms with Gasteiger partial charge in [0.25, 0.3) is 0 Å². The van der Waals surface area contributed by atoms with Gasteiger partial charge in [0, 0.05) is 13.0 Å². The molecule has 0 aliphatic carbocycles. The normalized spacial score (nSPS) is 13.7.